The predicted molar refractivity (Wildman–Crippen MR) is 127 cm³/mol. The van der Waals surface area contributed by atoms with Crippen LogP contribution in [0.2, 0.25) is 0 Å². The number of anilines is 1. The number of nitrogens with zero attached hydrogens (tertiary/aromatic N) is 2. The van der Waals surface area contributed by atoms with E-state index in [1.54, 1.807) is 12.1 Å². The fraction of sp³-hybridized carbons (Fsp3) is 0.192. The van der Waals surface area contributed by atoms with Crippen LogP contribution in [0.25, 0.3) is 11.0 Å². The van der Waals surface area contributed by atoms with Gasteiger partial charge in [0.2, 0.25) is 5.91 Å². The Bertz CT molecular complexity index is 1280. The summed E-state index contributed by atoms with van der Waals surface area (Å²) in [6, 6.07) is 22.2. The monoisotopic (exact) mass is 426 g/mol. The Hall–Kier alpha value is -3.93. The van der Waals surface area contributed by atoms with Crippen LogP contribution in [0.15, 0.2) is 72.8 Å². The highest BCUT2D eigenvalue weighted by Crippen LogP contribution is 2.22. The molecule has 3 aromatic carbocycles. The summed E-state index contributed by atoms with van der Waals surface area (Å²) in [7, 11) is 0. The molecule has 4 rings (SSSR count). The highest BCUT2D eigenvalue weighted by atomic mass is 16.2. The lowest BCUT2D eigenvalue weighted by molar-refractivity contribution is -0.116. The largest absolute Gasteiger partial charge is 0.342 e. The topological polar surface area (TPSA) is 76.0 Å². The number of imidazole rings is 1. The Morgan fingerprint density at radius 1 is 0.938 bits per heavy atom. The first-order valence-electron chi connectivity index (χ1n) is 10.6. The first-order valence-corrected chi connectivity index (χ1v) is 10.6. The van der Waals surface area contributed by atoms with Crippen molar-refractivity contribution in [3.8, 4) is 0 Å². The highest BCUT2D eigenvalue weighted by Gasteiger charge is 2.20. The Morgan fingerprint density at radius 2 is 1.66 bits per heavy atom. The smallest absolute Gasteiger partial charge is 0.251 e. The van der Waals surface area contributed by atoms with E-state index >= 15 is 0 Å². The van der Waals surface area contributed by atoms with Gasteiger partial charge in [-0.25, -0.2) is 4.98 Å². The summed E-state index contributed by atoms with van der Waals surface area (Å²) in [6.45, 7) is 5.98. The number of benzene rings is 3. The summed E-state index contributed by atoms with van der Waals surface area (Å²) in [5.74, 6) is 0.299. The van der Waals surface area contributed by atoms with Crippen molar-refractivity contribution in [1.29, 1.82) is 0 Å². The van der Waals surface area contributed by atoms with Gasteiger partial charge in [0.1, 0.15) is 12.4 Å². The standard InChI is InChI=1S/C26H26N4O2/c1-17-10-9-14-21(18(17)2)28-24(31)16-30-23-15-8-7-13-22(23)29-25(30)19(3)27-26(32)20-11-5-4-6-12-20/h4-15,19H,16H2,1-3H3,(H,27,32)(H,28,31). The number of nitrogens with one attached hydrogen (secondary N) is 2. The number of para-hydroxylation sites is 2. The number of hydrogen-bond acceptors (Lipinski definition) is 3. The molecule has 0 fully saturated rings. The van der Waals surface area contributed by atoms with Gasteiger partial charge in [-0.05, 0) is 62.2 Å². The van der Waals surface area contributed by atoms with Crippen LogP contribution >= 0.6 is 0 Å². The lowest BCUT2D eigenvalue weighted by Gasteiger charge is -2.17. The number of rotatable bonds is 6. The van der Waals surface area contributed by atoms with Gasteiger partial charge in [-0.2, -0.15) is 0 Å². The zero-order valence-electron chi connectivity index (χ0n) is 18.4. The first-order chi connectivity index (χ1) is 15.4. The zero-order valence-corrected chi connectivity index (χ0v) is 18.4. The van der Waals surface area contributed by atoms with E-state index in [0.717, 1.165) is 27.8 Å². The van der Waals surface area contributed by atoms with Crippen LogP contribution in [0.5, 0.6) is 0 Å². The third kappa shape index (κ3) is 4.39. The van der Waals surface area contributed by atoms with Gasteiger partial charge < -0.3 is 15.2 Å². The lowest BCUT2D eigenvalue weighted by atomic mass is 10.1. The first kappa shape index (κ1) is 21.3. The molecule has 0 aliphatic carbocycles. The van der Waals surface area contributed by atoms with Crippen molar-refractivity contribution in [2.24, 2.45) is 0 Å². The van der Waals surface area contributed by atoms with Crippen molar-refractivity contribution < 1.29 is 9.59 Å². The molecule has 0 saturated heterocycles. The van der Waals surface area contributed by atoms with E-state index in [9.17, 15) is 9.59 Å². The van der Waals surface area contributed by atoms with E-state index in [0.29, 0.717) is 11.4 Å². The minimum absolute atomic E-state index is 0.0920. The molecule has 0 radical (unpaired) electrons. The summed E-state index contributed by atoms with van der Waals surface area (Å²) in [5, 5.41) is 6.01. The van der Waals surface area contributed by atoms with E-state index in [2.05, 4.69) is 10.6 Å². The maximum Gasteiger partial charge on any atom is 0.251 e. The van der Waals surface area contributed by atoms with Crippen molar-refractivity contribution in [2.45, 2.75) is 33.4 Å². The molecule has 4 aromatic rings. The van der Waals surface area contributed by atoms with Crippen molar-refractivity contribution in [3.63, 3.8) is 0 Å². The number of amides is 2. The lowest BCUT2D eigenvalue weighted by Crippen LogP contribution is -2.30. The maximum atomic E-state index is 13.0. The van der Waals surface area contributed by atoms with E-state index in [-0.39, 0.29) is 24.4 Å². The molecule has 6 heteroatoms. The van der Waals surface area contributed by atoms with Gasteiger partial charge in [0, 0.05) is 11.3 Å². The van der Waals surface area contributed by atoms with Crippen molar-refractivity contribution in [3.05, 3.63) is 95.3 Å². The van der Waals surface area contributed by atoms with Crippen LogP contribution < -0.4 is 10.6 Å². The highest BCUT2D eigenvalue weighted by molar-refractivity contribution is 5.94. The second-order valence-electron chi connectivity index (χ2n) is 7.90. The molecule has 6 nitrogen and oxygen atoms in total. The Morgan fingerprint density at radius 3 is 2.44 bits per heavy atom. The van der Waals surface area contributed by atoms with Gasteiger partial charge in [0.15, 0.2) is 0 Å². The molecular formula is C26H26N4O2. The molecule has 2 amide bonds. The van der Waals surface area contributed by atoms with Gasteiger partial charge >= 0.3 is 0 Å². The second kappa shape index (κ2) is 9.06. The van der Waals surface area contributed by atoms with E-state index in [1.165, 1.54) is 0 Å². The fourth-order valence-corrected chi connectivity index (χ4v) is 3.74. The molecular weight excluding hydrogens is 400 g/mol. The average molecular weight is 427 g/mol. The molecule has 0 aliphatic rings. The van der Waals surface area contributed by atoms with E-state index in [1.807, 2.05) is 86.0 Å². The normalized spacial score (nSPS) is 11.8. The van der Waals surface area contributed by atoms with Crippen LogP contribution in [-0.4, -0.2) is 21.4 Å². The van der Waals surface area contributed by atoms with Gasteiger partial charge in [-0.1, -0.05) is 42.5 Å². The SMILES string of the molecule is Cc1cccc(NC(=O)Cn2c(C(C)NC(=O)c3ccccc3)nc3ccccc32)c1C. The van der Waals surface area contributed by atoms with Gasteiger partial charge in [-0.3, -0.25) is 9.59 Å². The zero-order chi connectivity index (χ0) is 22.7. The van der Waals surface area contributed by atoms with Gasteiger partial charge in [0.05, 0.1) is 17.1 Å². The maximum absolute atomic E-state index is 13.0. The Balaban J connectivity index is 1.60. The number of aryl methyl sites for hydroxylation is 1. The van der Waals surface area contributed by atoms with Crippen LogP contribution in [0, 0.1) is 13.8 Å². The summed E-state index contributed by atoms with van der Waals surface area (Å²) in [5.41, 5.74) is 5.16. The van der Waals surface area contributed by atoms with Crippen LogP contribution in [0.3, 0.4) is 0 Å². The summed E-state index contributed by atoms with van der Waals surface area (Å²) in [4.78, 5) is 30.3. The Kier molecular flexibility index (Phi) is 6.03. The van der Waals surface area contributed by atoms with Crippen LogP contribution in [-0.2, 0) is 11.3 Å². The third-order valence-corrected chi connectivity index (χ3v) is 5.64. The van der Waals surface area contributed by atoms with Crippen LogP contribution in [0.4, 0.5) is 5.69 Å². The molecule has 32 heavy (non-hydrogen) atoms. The number of fused-ring (bicyclic) bond motifs is 1. The molecule has 0 bridgehead atoms. The summed E-state index contributed by atoms with van der Waals surface area (Å²) < 4.78 is 1.87. The minimum Gasteiger partial charge on any atom is -0.342 e. The number of carbonyl (C=O) groups excluding carboxylic acids is 2. The molecule has 1 heterocycles. The molecule has 1 unspecified atom stereocenters. The minimum atomic E-state index is -0.386. The van der Waals surface area contributed by atoms with Crippen LogP contribution in [0.1, 0.15) is 40.3 Å². The van der Waals surface area contributed by atoms with Crippen molar-refractivity contribution in [1.82, 2.24) is 14.9 Å². The Labute approximate surface area is 187 Å². The predicted octanol–water partition coefficient (Wildman–Crippen LogP) is 4.78. The van der Waals surface area contributed by atoms with Gasteiger partial charge in [0.25, 0.3) is 5.91 Å². The number of aromatic nitrogens is 2. The number of carbonyl (C=O) groups is 2. The summed E-state index contributed by atoms with van der Waals surface area (Å²) in [6.07, 6.45) is 0. The summed E-state index contributed by atoms with van der Waals surface area (Å²) >= 11 is 0. The molecule has 2 N–H and O–H groups in total. The van der Waals surface area contributed by atoms with Crippen molar-refractivity contribution in [2.75, 3.05) is 5.32 Å². The fourth-order valence-electron chi connectivity index (χ4n) is 3.74. The number of hydrogen-bond donors (Lipinski definition) is 2. The van der Waals surface area contributed by atoms with E-state index in [4.69, 9.17) is 4.98 Å². The van der Waals surface area contributed by atoms with Crippen molar-refractivity contribution >= 4 is 28.5 Å². The third-order valence-electron chi connectivity index (χ3n) is 5.64. The molecule has 0 saturated carbocycles. The molecule has 0 spiro atoms. The molecule has 1 atom stereocenters. The van der Waals surface area contributed by atoms with Gasteiger partial charge in [-0.15, -0.1) is 0 Å². The molecule has 0 aliphatic heterocycles. The molecule has 1 aromatic heterocycles. The van der Waals surface area contributed by atoms with E-state index < -0.39 is 0 Å². The molecule has 162 valence electrons. The second-order valence-corrected chi connectivity index (χ2v) is 7.90. The average Bonchev–Trinajstić information content (AvgIpc) is 3.16. The quantitative estimate of drug-likeness (QED) is 0.466.